The summed E-state index contributed by atoms with van der Waals surface area (Å²) in [5.41, 5.74) is 8.21. The minimum Gasteiger partial charge on any atom is -0.398 e. The molecule has 24 heavy (non-hydrogen) atoms. The molecular weight excluding hydrogens is 324 g/mol. The molecule has 1 aliphatic rings. The Morgan fingerprint density at radius 3 is 2.58 bits per heavy atom. The number of rotatable bonds is 5. The molecule has 2 aromatic carbocycles. The van der Waals surface area contributed by atoms with Crippen LogP contribution in [0.1, 0.15) is 22.3 Å². The number of ether oxygens (including phenoxy) is 1. The Balaban J connectivity index is 0.00000208. The lowest BCUT2D eigenvalue weighted by Gasteiger charge is -2.17. The van der Waals surface area contributed by atoms with Crippen LogP contribution in [0.5, 0.6) is 0 Å². The molecule has 4 nitrogen and oxygen atoms in total. The van der Waals surface area contributed by atoms with E-state index < -0.39 is 0 Å². The van der Waals surface area contributed by atoms with E-state index in [1.165, 1.54) is 5.56 Å². The Hall–Kier alpha value is -2.04. The normalized spacial score (nSPS) is 16.7. The highest BCUT2D eigenvalue weighted by atomic mass is 35.5. The summed E-state index contributed by atoms with van der Waals surface area (Å²) in [6.07, 6.45) is 0.979. The molecule has 1 atom stereocenters. The molecule has 1 fully saturated rings. The number of carbonyl (C=O) groups excluding carboxylic acids is 1. The van der Waals surface area contributed by atoms with Gasteiger partial charge in [-0.3, -0.25) is 4.79 Å². The van der Waals surface area contributed by atoms with Crippen molar-refractivity contribution in [2.75, 3.05) is 25.4 Å². The van der Waals surface area contributed by atoms with Crippen molar-refractivity contribution in [1.29, 1.82) is 0 Å². The lowest BCUT2D eigenvalue weighted by atomic mass is 10.1. The maximum Gasteiger partial charge on any atom is 0.255 e. The van der Waals surface area contributed by atoms with Gasteiger partial charge in [-0.05, 0) is 24.1 Å². The van der Waals surface area contributed by atoms with Crippen LogP contribution < -0.4 is 5.73 Å². The summed E-state index contributed by atoms with van der Waals surface area (Å²) in [4.78, 5) is 14.4. The first kappa shape index (κ1) is 18.3. The zero-order chi connectivity index (χ0) is 16.1. The second-order valence-corrected chi connectivity index (χ2v) is 5.99. The highest BCUT2D eigenvalue weighted by molar-refractivity contribution is 5.99. The lowest BCUT2D eigenvalue weighted by molar-refractivity contribution is 0.0734. The molecule has 0 spiro atoms. The van der Waals surface area contributed by atoms with E-state index in [4.69, 9.17) is 10.5 Å². The topological polar surface area (TPSA) is 55.6 Å². The number of carbonyl (C=O) groups is 1. The van der Waals surface area contributed by atoms with Crippen LogP contribution in [0.3, 0.4) is 0 Å². The van der Waals surface area contributed by atoms with Crippen molar-refractivity contribution in [1.82, 2.24) is 4.90 Å². The molecule has 0 aromatic heterocycles. The highest BCUT2D eigenvalue weighted by Gasteiger charge is 2.27. The van der Waals surface area contributed by atoms with Crippen molar-refractivity contribution >= 4 is 24.0 Å². The Bertz CT molecular complexity index is 663. The Morgan fingerprint density at radius 1 is 1.12 bits per heavy atom. The molecule has 5 heteroatoms. The van der Waals surface area contributed by atoms with Crippen LogP contribution in [0.4, 0.5) is 5.69 Å². The minimum atomic E-state index is 0. The zero-order valence-electron chi connectivity index (χ0n) is 13.6. The standard InChI is InChI=1S/C19H22N2O2.ClH/c20-18-9-5-4-8-17(18)19(22)21-11-10-16(12-21)14-23-13-15-6-2-1-3-7-15;/h1-9,16H,10-14,20H2;1H. The van der Waals surface area contributed by atoms with E-state index in [0.717, 1.165) is 19.5 Å². The average molecular weight is 347 g/mol. The largest absolute Gasteiger partial charge is 0.398 e. The summed E-state index contributed by atoms with van der Waals surface area (Å²) in [5.74, 6) is 0.418. The van der Waals surface area contributed by atoms with E-state index in [1.54, 1.807) is 12.1 Å². The molecule has 3 rings (SSSR count). The van der Waals surface area contributed by atoms with Crippen molar-refractivity contribution < 1.29 is 9.53 Å². The number of likely N-dealkylation sites (tertiary alicyclic amines) is 1. The molecule has 2 N–H and O–H groups in total. The van der Waals surface area contributed by atoms with Crippen LogP contribution in [0.25, 0.3) is 0 Å². The summed E-state index contributed by atoms with van der Waals surface area (Å²) in [7, 11) is 0. The summed E-state index contributed by atoms with van der Waals surface area (Å²) in [6, 6.07) is 17.4. The fourth-order valence-corrected chi connectivity index (χ4v) is 2.93. The monoisotopic (exact) mass is 346 g/mol. The number of nitrogens with zero attached hydrogens (tertiary/aromatic N) is 1. The average Bonchev–Trinajstić information content (AvgIpc) is 3.05. The van der Waals surface area contributed by atoms with Gasteiger partial charge in [0.15, 0.2) is 0 Å². The third-order valence-corrected chi connectivity index (χ3v) is 4.23. The molecule has 1 heterocycles. The molecule has 0 saturated carbocycles. The maximum absolute atomic E-state index is 12.5. The van der Waals surface area contributed by atoms with Gasteiger partial charge in [0.25, 0.3) is 5.91 Å². The van der Waals surface area contributed by atoms with Crippen LogP contribution in [0, 0.1) is 5.92 Å². The van der Waals surface area contributed by atoms with Crippen molar-refractivity contribution in [3.63, 3.8) is 0 Å². The van der Waals surface area contributed by atoms with Gasteiger partial charge in [0.05, 0.1) is 18.8 Å². The molecule has 1 aliphatic heterocycles. The molecule has 1 saturated heterocycles. The number of nitrogen functional groups attached to an aromatic ring is 1. The van der Waals surface area contributed by atoms with E-state index in [9.17, 15) is 4.79 Å². The van der Waals surface area contributed by atoms with E-state index in [0.29, 0.717) is 30.4 Å². The smallest absolute Gasteiger partial charge is 0.255 e. The van der Waals surface area contributed by atoms with Crippen molar-refractivity contribution in [3.8, 4) is 0 Å². The third kappa shape index (κ3) is 4.49. The Morgan fingerprint density at radius 2 is 1.83 bits per heavy atom. The number of amides is 1. The third-order valence-electron chi connectivity index (χ3n) is 4.23. The maximum atomic E-state index is 12.5. The van der Waals surface area contributed by atoms with Gasteiger partial charge in [-0.1, -0.05) is 42.5 Å². The van der Waals surface area contributed by atoms with E-state index in [1.807, 2.05) is 35.2 Å². The van der Waals surface area contributed by atoms with Gasteiger partial charge in [-0.2, -0.15) is 0 Å². The van der Waals surface area contributed by atoms with Gasteiger partial charge in [-0.25, -0.2) is 0 Å². The number of benzene rings is 2. The highest BCUT2D eigenvalue weighted by Crippen LogP contribution is 2.21. The van der Waals surface area contributed by atoms with Crippen LogP contribution in [0.2, 0.25) is 0 Å². The first-order valence-electron chi connectivity index (χ1n) is 7.99. The van der Waals surface area contributed by atoms with Gasteiger partial charge in [-0.15, -0.1) is 12.4 Å². The summed E-state index contributed by atoms with van der Waals surface area (Å²) < 4.78 is 5.80. The Kier molecular flexibility index (Phi) is 6.64. The first-order valence-corrected chi connectivity index (χ1v) is 7.99. The number of nitrogens with two attached hydrogens (primary N) is 1. The number of hydrogen-bond donors (Lipinski definition) is 1. The number of hydrogen-bond acceptors (Lipinski definition) is 3. The van der Waals surface area contributed by atoms with Gasteiger partial charge in [0.2, 0.25) is 0 Å². The predicted octanol–water partition coefficient (Wildman–Crippen LogP) is 3.37. The van der Waals surface area contributed by atoms with Crippen LogP contribution >= 0.6 is 12.4 Å². The van der Waals surface area contributed by atoms with Crippen LogP contribution in [-0.2, 0) is 11.3 Å². The lowest BCUT2D eigenvalue weighted by Crippen LogP contribution is -2.29. The van der Waals surface area contributed by atoms with Crippen molar-refractivity contribution in [2.24, 2.45) is 5.92 Å². The second-order valence-electron chi connectivity index (χ2n) is 5.99. The molecule has 1 amide bonds. The molecular formula is C19H23ClN2O2. The van der Waals surface area contributed by atoms with Crippen LogP contribution in [-0.4, -0.2) is 30.5 Å². The SMILES string of the molecule is Cl.Nc1ccccc1C(=O)N1CCC(COCc2ccccc2)C1. The van der Waals surface area contributed by atoms with Crippen molar-refractivity contribution in [3.05, 3.63) is 65.7 Å². The van der Waals surface area contributed by atoms with Crippen molar-refractivity contribution in [2.45, 2.75) is 13.0 Å². The number of para-hydroxylation sites is 1. The molecule has 2 aromatic rings. The van der Waals surface area contributed by atoms with Gasteiger partial charge in [0.1, 0.15) is 0 Å². The molecule has 0 aliphatic carbocycles. The quantitative estimate of drug-likeness (QED) is 0.844. The van der Waals surface area contributed by atoms with E-state index >= 15 is 0 Å². The van der Waals surface area contributed by atoms with E-state index in [2.05, 4.69) is 12.1 Å². The molecule has 1 unspecified atom stereocenters. The summed E-state index contributed by atoms with van der Waals surface area (Å²) in [5, 5.41) is 0. The predicted molar refractivity (Wildman–Crippen MR) is 98.2 cm³/mol. The first-order chi connectivity index (χ1) is 11.2. The summed E-state index contributed by atoms with van der Waals surface area (Å²) in [6.45, 7) is 2.81. The number of halogens is 1. The molecule has 128 valence electrons. The van der Waals surface area contributed by atoms with E-state index in [-0.39, 0.29) is 18.3 Å². The minimum absolute atomic E-state index is 0. The molecule has 0 bridgehead atoms. The summed E-state index contributed by atoms with van der Waals surface area (Å²) >= 11 is 0. The second kappa shape index (κ2) is 8.71. The zero-order valence-corrected chi connectivity index (χ0v) is 14.4. The number of anilines is 1. The van der Waals surface area contributed by atoms with Gasteiger partial charge < -0.3 is 15.4 Å². The van der Waals surface area contributed by atoms with Gasteiger partial charge in [0, 0.05) is 24.7 Å². The molecule has 0 radical (unpaired) electrons. The van der Waals surface area contributed by atoms with Gasteiger partial charge >= 0.3 is 0 Å². The Labute approximate surface area is 149 Å². The fourth-order valence-electron chi connectivity index (χ4n) is 2.93. The fraction of sp³-hybridized carbons (Fsp3) is 0.316. The van der Waals surface area contributed by atoms with Crippen LogP contribution in [0.15, 0.2) is 54.6 Å².